The van der Waals surface area contributed by atoms with E-state index < -0.39 is 0 Å². The minimum atomic E-state index is -0.01000. The predicted octanol–water partition coefficient (Wildman–Crippen LogP) is 1.22. The molecule has 8 nitrogen and oxygen atoms in total. The summed E-state index contributed by atoms with van der Waals surface area (Å²) in [4.78, 5) is 12.2. The topological polar surface area (TPSA) is 90.5 Å². The van der Waals surface area contributed by atoms with E-state index in [2.05, 4.69) is 25.9 Å². The summed E-state index contributed by atoms with van der Waals surface area (Å²) < 4.78 is 3.49. The van der Waals surface area contributed by atoms with Gasteiger partial charge in [0.1, 0.15) is 6.33 Å². The van der Waals surface area contributed by atoms with Crippen LogP contribution < -0.4 is 5.32 Å². The molecule has 8 heteroatoms. The fourth-order valence-corrected chi connectivity index (χ4v) is 2.72. The third-order valence-corrected chi connectivity index (χ3v) is 3.87. The first-order chi connectivity index (χ1) is 12.0. The fourth-order valence-electron chi connectivity index (χ4n) is 2.72. The summed E-state index contributed by atoms with van der Waals surface area (Å²) >= 11 is 0. The molecular formula is C17H21N7O. The van der Waals surface area contributed by atoms with Crippen molar-refractivity contribution in [2.75, 3.05) is 0 Å². The maximum atomic E-state index is 12.2. The fraction of sp³-hybridized carbons (Fsp3) is 0.353. The van der Waals surface area contributed by atoms with Crippen LogP contribution in [0.25, 0.3) is 5.69 Å². The lowest BCUT2D eigenvalue weighted by molar-refractivity contribution is -0.121. The first-order valence-electron chi connectivity index (χ1n) is 8.14. The van der Waals surface area contributed by atoms with Crippen molar-refractivity contribution in [2.45, 2.75) is 39.8 Å². The molecule has 1 aromatic carbocycles. The number of tetrazole rings is 1. The Kier molecular flexibility index (Phi) is 4.87. The summed E-state index contributed by atoms with van der Waals surface area (Å²) in [6.07, 6.45) is 1.86. The van der Waals surface area contributed by atoms with Gasteiger partial charge < -0.3 is 5.32 Å². The van der Waals surface area contributed by atoms with Crippen molar-refractivity contribution in [1.29, 1.82) is 0 Å². The van der Waals surface area contributed by atoms with Gasteiger partial charge in [0.25, 0.3) is 0 Å². The average Bonchev–Trinajstić information content (AvgIpc) is 3.18. The molecule has 0 saturated heterocycles. The van der Waals surface area contributed by atoms with Crippen molar-refractivity contribution in [3.05, 3.63) is 53.6 Å². The molecule has 1 unspecified atom stereocenters. The maximum Gasteiger partial charge on any atom is 0.224 e. The second kappa shape index (κ2) is 7.25. The number of rotatable bonds is 6. The Morgan fingerprint density at radius 1 is 1.24 bits per heavy atom. The van der Waals surface area contributed by atoms with Crippen molar-refractivity contribution in [3.8, 4) is 5.69 Å². The number of nitrogens with one attached hydrogen (secondary N) is 1. The summed E-state index contributed by atoms with van der Waals surface area (Å²) in [5, 5.41) is 18.5. The van der Waals surface area contributed by atoms with Crippen LogP contribution in [0.3, 0.4) is 0 Å². The summed E-state index contributed by atoms with van der Waals surface area (Å²) in [5.74, 6) is -0.01000. The van der Waals surface area contributed by atoms with Crippen molar-refractivity contribution >= 4 is 5.91 Å². The molecule has 0 aliphatic carbocycles. The summed E-state index contributed by atoms with van der Waals surface area (Å²) in [6, 6.07) is 9.62. The lowest BCUT2D eigenvalue weighted by atomic mass is 10.1. The van der Waals surface area contributed by atoms with E-state index in [1.54, 1.807) is 4.68 Å². The highest BCUT2D eigenvalue weighted by atomic mass is 16.1. The molecule has 0 aliphatic rings. The van der Waals surface area contributed by atoms with Gasteiger partial charge >= 0.3 is 0 Å². The van der Waals surface area contributed by atoms with Gasteiger partial charge in [-0.2, -0.15) is 5.10 Å². The largest absolute Gasteiger partial charge is 0.351 e. The van der Waals surface area contributed by atoms with Gasteiger partial charge in [0.2, 0.25) is 5.91 Å². The molecule has 0 radical (unpaired) electrons. The standard InChI is InChI=1S/C17H21N7O/c1-12-8-14(3)23(20-12)10-13(2)19-17(25)9-15-4-6-16(7-5-15)24-11-18-21-22-24/h4-8,11,13H,9-10H2,1-3H3,(H,19,25). The minimum Gasteiger partial charge on any atom is -0.351 e. The lowest BCUT2D eigenvalue weighted by Crippen LogP contribution is -2.37. The molecular weight excluding hydrogens is 318 g/mol. The normalized spacial score (nSPS) is 12.1. The summed E-state index contributed by atoms with van der Waals surface area (Å²) in [5.41, 5.74) is 3.87. The van der Waals surface area contributed by atoms with E-state index in [9.17, 15) is 4.79 Å². The molecule has 1 N–H and O–H groups in total. The van der Waals surface area contributed by atoms with Crippen LogP contribution in [0.1, 0.15) is 23.9 Å². The Morgan fingerprint density at radius 2 is 2.00 bits per heavy atom. The molecule has 0 fully saturated rings. The number of benzene rings is 1. The molecule has 130 valence electrons. The van der Waals surface area contributed by atoms with Crippen molar-refractivity contribution < 1.29 is 4.79 Å². The van der Waals surface area contributed by atoms with Crippen LogP contribution in [0.15, 0.2) is 36.7 Å². The second-order valence-corrected chi connectivity index (χ2v) is 6.18. The highest BCUT2D eigenvalue weighted by molar-refractivity contribution is 5.78. The van der Waals surface area contributed by atoms with Crippen LogP contribution >= 0.6 is 0 Å². The van der Waals surface area contributed by atoms with Crippen molar-refractivity contribution in [2.24, 2.45) is 0 Å². The highest BCUT2D eigenvalue weighted by Crippen LogP contribution is 2.09. The van der Waals surface area contributed by atoms with Gasteiger partial charge in [-0.05, 0) is 55.0 Å². The zero-order valence-corrected chi connectivity index (χ0v) is 14.5. The predicted molar refractivity (Wildman–Crippen MR) is 92.2 cm³/mol. The van der Waals surface area contributed by atoms with Gasteiger partial charge in [0, 0.05) is 11.7 Å². The summed E-state index contributed by atoms with van der Waals surface area (Å²) in [6.45, 7) is 6.62. The molecule has 3 rings (SSSR count). The number of amides is 1. The van der Waals surface area contributed by atoms with Gasteiger partial charge in [-0.3, -0.25) is 9.48 Å². The molecule has 0 spiro atoms. The monoisotopic (exact) mass is 339 g/mol. The summed E-state index contributed by atoms with van der Waals surface area (Å²) in [7, 11) is 0. The van der Waals surface area contributed by atoms with E-state index in [1.165, 1.54) is 6.33 Å². The van der Waals surface area contributed by atoms with Crippen LogP contribution in [0, 0.1) is 13.8 Å². The van der Waals surface area contributed by atoms with Gasteiger partial charge in [-0.1, -0.05) is 12.1 Å². The molecule has 0 aliphatic heterocycles. The van der Waals surface area contributed by atoms with Gasteiger partial charge in [0.15, 0.2) is 0 Å². The number of carbonyl (C=O) groups is 1. The van der Waals surface area contributed by atoms with Crippen molar-refractivity contribution in [3.63, 3.8) is 0 Å². The van der Waals surface area contributed by atoms with Crippen LogP contribution in [0.5, 0.6) is 0 Å². The first kappa shape index (κ1) is 16.8. The molecule has 2 heterocycles. The number of hydrogen-bond acceptors (Lipinski definition) is 5. The molecule has 0 bridgehead atoms. The molecule has 1 atom stereocenters. The molecule has 25 heavy (non-hydrogen) atoms. The zero-order chi connectivity index (χ0) is 17.8. The van der Waals surface area contributed by atoms with Crippen LogP contribution in [0.2, 0.25) is 0 Å². The van der Waals surface area contributed by atoms with Gasteiger partial charge in [-0.15, -0.1) is 5.10 Å². The number of aryl methyl sites for hydroxylation is 2. The third kappa shape index (κ3) is 4.28. The number of nitrogens with zero attached hydrogens (tertiary/aromatic N) is 6. The first-order valence-corrected chi connectivity index (χ1v) is 8.14. The van der Waals surface area contributed by atoms with Crippen molar-refractivity contribution in [1.82, 2.24) is 35.3 Å². The molecule has 2 aromatic heterocycles. The van der Waals surface area contributed by atoms with E-state index in [0.29, 0.717) is 13.0 Å². The van der Waals surface area contributed by atoms with Gasteiger partial charge in [-0.25, -0.2) is 4.68 Å². The van der Waals surface area contributed by atoms with E-state index in [4.69, 9.17) is 0 Å². The Hall–Kier alpha value is -3.03. The van der Waals surface area contributed by atoms with Gasteiger partial charge in [0.05, 0.1) is 24.3 Å². The number of carbonyl (C=O) groups excluding carboxylic acids is 1. The number of hydrogen-bond donors (Lipinski definition) is 1. The molecule has 0 saturated carbocycles. The zero-order valence-electron chi connectivity index (χ0n) is 14.5. The SMILES string of the molecule is Cc1cc(C)n(CC(C)NC(=O)Cc2ccc(-n3cnnn3)cc2)n1. The Balaban J connectivity index is 1.54. The van der Waals surface area contributed by atoms with Crippen LogP contribution in [-0.2, 0) is 17.8 Å². The molecule has 1 amide bonds. The maximum absolute atomic E-state index is 12.2. The smallest absolute Gasteiger partial charge is 0.224 e. The van der Waals surface area contributed by atoms with E-state index in [-0.39, 0.29) is 11.9 Å². The van der Waals surface area contributed by atoms with E-state index >= 15 is 0 Å². The Bertz CT molecular complexity index is 837. The Morgan fingerprint density at radius 3 is 2.60 bits per heavy atom. The van der Waals surface area contributed by atoms with Crippen LogP contribution in [0.4, 0.5) is 0 Å². The number of aromatic nitrogens is 6. The molecule has 3 aromatic rings. The second-order valence-electron chi connectivity index (χ2n) is 6.18. The van der Waals surface area contributed by atoms with E-state index in [1.807, 2.05) is 55.8 Å². The Labute approximate surface area is 145 Å². The quantitative estimate of drug-likeness (QED) is 0.729. The average molecular weight is 339 g/mol. The highest BCUT2D eigenvalue weighted by Gasteiger charge is 2.11. The third-order valence-electron chi connectivity index (χ3n) is 3.87. The van der Waals surface area contributed by atoms with E-state index in [0.717, 1.165) is 22.6 Å². The van der Waals surface area contributed by atoms with Crippen LogP contribution in [-0.4, -0.2) is 41.9 Å². The lowest BCUT2D eigenvalue weighted by Gasteiger charge is -2.15. The minimum absolute atomic E-state index is 0.00555.